The molecule has 5 nitrogen and oxygen atoms in total. The van der Waals surface area contributed by atoms with Crippen molar-refractivity contribution >= 4 is 12.0 Å². The van der Waals surface area contributed by atoms with E-state index in [0.717, 1.165) is 4.90 Å². The molecule has 0 saturated carbocycles. The third-order valence-corrected chi connectivity index (χ3v) is 1.84. The molecule has 0 unspecified atom stereocenters. The molecule has 0 aromatic heterocycles. The van der Waals surface area contributed by atoms with Crippen LogP contribution in [0.25, 0.3) is 0 Å². The van der Waals surface area contributed by atoms with Crippen LogP contribution in [-0.2, 0) is 4.79 Å². The molecule has 1 N–H and O–H groups in total. The number of carbonyl (C=O) groups excluding carboxylic acids is 1. The summed E-state index contributed by atoms with van der Waals surface area (Å²) in [5.41, 5.74) is 0. The van der Waals surface area contributed by atoms with E-state index in [1.54, 1.807) is 7.05 Å². The second-order valence-electron chi connectivity index (χ2n) is 4.01. The van der Waals surface area contributed by atoms with Gasteiger partial charge in [0.05, 0.1) is 6.54 Å². The van der Waals surface area contributed by atoms with E-state index in [1.165, 1.54) is 4.90 Å². The van der Waals surface area contributed by atoms with Crippen molar-refractivity contribution in [2.75, 3.05) is 26.7 Å². The first-order valence-electron chi connectivity index (χ1n) is 5.03. The maximum atomic E-state index is 11.8. The number of amides is 2. The summed E-state index contributed by atoms with van der Waals surface area (Å²) in [4.78, 5) is 25.0. The van der Waals surface area contributed by atoms with Gasteiger partial charge >= 0.3 is 12.0 Å². The number of aliphatic carboxylic acids is 1. The lowest BCUT2D eigenvalue weighted by Crippen LogP contribution is -2.44. The van der Waals surface area contributed by atoms with Crippen LogP contribution in [-0.4, -0.2) is 53.6 Å². The topological polar surface area (TPSA) is 60.9 Å². The third kappa shape index (κ3) is 5.25. The van der Waals surface area contributed by atoms with Crippen molar-refractivity contribution in [2.24, 2.45) is 5.92 Å². The van der Waals surface area contributed by atoms with Crippen molar-refractivity contribution in [3.63, 3.8) is 0 Å². The molecular formula is C11H18N2O3. The van der Waals surface area contributed by atoms with E-state index >= 15 is 0 Å². The predicted molar refractivity (Wildman–Crippen MR) is 60.9 cm³/mol. The summed E-state index contributed by atoms with van der Waals surface area (Å²) in [5, 5.41) is 8.64. The second-order valence-corrected chi connectivity index (χ2v) is 4.01. The smallest absolute Gasteiger partial charge is 0.323 e. The third-order valence-electron chi connectivity index (χ3n) is 1.84. The van der Waals surface area contributed by atoms with Gasteiger partial charge in [-0.1, -0.05) is 19.8 Å². The van der Waals surface area contributed by atoms with Gasteiger partial charge in [-0.25, -0.2) is 4.79 Å². The standard InChI is InChI=1S/C11H18N2O3/c1-5-6-13(8-10(14)15)11(16)12(4)7-9(2)3/h1,9H,6-8H2,2-4H3,(H,14,15). The van der Waals surface area contributed by atoms with Crippen molar-refractivity contribution < 1.29 is 14.7 Å². The fraction of sp³-hybridized carbons (Fsp3) is 0.636. The first-order valence-corrected chi connectivity index (χ1v) is 5.03. The number of hydrogen-bond acceptors (Lipinski definition) is 2. The molecule has 0 radical (unpaired) electrons. The number of urea groups is 1. The van der Waals surface area contributed by atoms with Crippen LogP contribution in [0.2, 0.25) is 0 Å². The van der Waals surface area contributed by atoms with Gasteiger partial charge in [0.15, 0.2) is 0 Å². The summed E-state index contributed by atoms with van der Waals surface area (Å²) in [5.74, 6) is 1.53. The lowest BCUT2D eigenvalue weighted by atomic mass is 10.2. The van der Waals surface area contributed by atoms with E-state index in [4.69, 9.17) is 11.5 Å². The highest BCUT2D eigenvalue weighted by Crippen LogP contribution is 2.01. The summed E-state index contributed by atoms with van der Waals surface area (Å²) < 4.78 is 0. The molecule has 0 atom stereocenters. The number of nitrogens with zero attached hydrogens (tertiary/aromatic N) is 2. The van der Waals surface area contributed by atoms with Gasteiger partial charge in [0.2, 0.25) is 0 Å². The Kier molecular flexibility index (Phi) is 6.01. The zero-order valence-corrected chi connectivity index (χ0v) is 9.93. The molecular weight excluding hydrogens is 208 g/mol. The first-order chi connectivity index (χ1) is 7.38. The van der Waals surface area contributed by atoms with Gasteiger partial charge in [-0.2, -0.15) is 0 Å². The van der Waals surface area contributed by atoms with E-state index < -0.39 is 5.97 Å². The maximum Gasteiger partial charge on any atom is 0.323 e. The fourth-order valence-corrected chi connectivity index (χ4v) is 1.33. The molecule has 0 spiro atoms. The van der Waals surface area contributed by atoms with Crippen LogP contribution in [0.15, 0.2) is 0 Å². The summed E-state index contributed by atoms with van der Waals surface area (Å²) in [6.07, 6.45) is 5.09. The van der Waals surface area contributed by atoms with E-state index in [2.05, 4.69) is 5.92 Å². The molecule has 0 aromatic carbocycles. The first kappa shape index (κ1) is 14.3. The molecule has 0 bridgehead atoms. The number of hydrogen-bond donors (Lipinski definition) is 1. The van der Waals surface area contributed by atoms with Crippen LogP contribution in [0.4, 0.5) is 4.79 Å². The summed E-state index contributed by atoms with van der Waals surface area (Å²) >= 11 is 0. The molecule has 0 aliphatic carbocycles. The molecule has 0 heterocycles. The normalized spacial score (nSPS) is 9.69. The van der Waals surface area contributed by atoms with Crippen LogP contribution in [0.5, 0.6) is 0 Å². The second kappa shape index (κ2) is 6.72. The summed E-state index contributed by atoms with van der Waals surface area (Å²) in [7, 11) is 1.63. The van der Waals surface area contributed by atoms with Crippen LogP contribution < -0.4 is 0 Å². The number of terminal acetylenes is 1. The lowest BCUT2D eigenvalue weighted by molar-refractivity contribution is -0.137. The Hall–Kier alpha value is -1.70. The van der Waals surface area contributed by atoms with Gasteiger partial charge in [-0.3, -0.25) is 4.79 Å². The minimum Gasteiger partial charge on any atom is -0.480 e. The van der Waals surface area contributed by atoms with Crippen molar-refractivity contribution in [1.82, 2.24) is 9.80 Å². The highest BCUT2D eigenvalue weighted by atomic mass is 16.4. The molecule has 0 rings (SSSR count). The number of rotatable bonds is 5. The molecule has 90 valence electrons. The number of carbonyl (C=O) groups is 2. The Labute approximate surface area is 96.0 Å². The zero-order chi connectivity index (χ0) is 12.7. The van der Waals surface area contributed by atoms with Crippen LogP contribution >= 0.6 is 0 Å². The number of carboxylic acids is 1. The maximum absolute atomic E-state index is 11.8. The van der Waals surface area contributed by atoms with Gasteiger partial charge < -0.3 is 14.9 Å². The molecule has 16 heavy (non-hydrogen) atoms. The van der Waals surface area contributed by atoms with Crippen molar-refractivity contribution in [3.8, 4) is 12.3 Å². The summed E-state index contributed by atoms with van der Waals surface area (Å²) in [6.45, 7) is 4.16. The molecule has 0 fully saturated rings. The van der Waals surface area contributed by atoms with Crippen LogP contribution in [0, 0.1) is 18.3 Å². The van der Waals surface area contributed by atoms with Crippen molar-refractivity contribution in [1.29, 1.82) is 0 Å². The predicted octanol–water partition coefficient (Wildman–Crippen LogP) is 0.714. The Bertz CT molecular complexity index is 294. The minimum atomic E-state index is -1.07. The summed E-state index contributed by atoms with van der Waals surface area (Å²) in [6, 6.07) is -0.353. The molecule has 5 heteroatoms. The highest BCUT2D eigenvalue weighted by molar-refractivity contribution is 5.80. The van der Waals surface area contributed by atoms with Crippen molar-refractivity contribution in [3.05, 3.63) is 0 Å². The minimum absolute atomic E-state index is 0.00751. The van der Waals surface area contributed by atoms with Crippen LogP contribution in [0.3, 0.4) is 0 Å². The zero-order valence-electron chi connectivity index (χ0n) is 9.93. The van der Waals surface area contributed by atoms with Gasteiger partial charge in [0.25, 0.3) is 0 Å². The Morgan fingerprint density at radius 2 is 2.00 bits per heavy atom. The monoisotopic (exact) mass is 226 g/mol. The Morgan fingerprint density at radius 1 is 1.44 bits per heavy atom. The van der Waals surface area contributed by atoms with E-state index in [0.29, 0.717) is 12.5 Å². The average Bonchev–Trinajstić information content (AvgIpc) is 2.14. The van der Waals surface area contributed by atoms with Gasteiger partial charge in [-0.05, 0) is 5.92 Å². The molecule has 0 saturated heterocycles. The number of carboxylic acid groups (broad SMARTS) is 1. The SMILES string of the molecule is C#CCN(CC(=O)O)C(=O)N(C)CC(C)C. The van der Waals surface area contributed by atoms with E-state index in [1.807, 2.05) is 13.8 Å². The van der Waals surface area contributed by atoms with Gasteiger partial charge in [0, 0.05) is 13.6 Å². The lowest BCUT2D eigenvalue weighted by Gasteiger charge is -2.26. The Balaban J connectivity index is 4.48. The molecule has 2 amide bonds. The van der Waals surface area contributed by atoms with Gasteiger partial charge in [0.1, 0.15) is 6.54 Å². The van der Waals surface area contributed by atoms with Crippen molar-refractivity contribution in [2.45, 2.75) is 13.8 Å². The van der Waals surface area contributed by atoms with Crippen LogP contribution in [0.1, 0.15) is 13.8 Å². The average molecular weight is 226 g/mol. The fourth-order valence-electron chi connectivity index (χ4n) is 1.33. The molecule has 0 aliphatic rings. The highest BCUT2D eigenvalue weighted by Gasteiger charge is 2.19. The Morgan fingerprint density at radius 3 is 2.38 bits per heavy atom. The quantitative estimate of drug-likeness (QED) is 0.702. The molecule has 0 aromatic rings. The van der Waals surface area contributed by atoms with E-state index in [9.17, 15) is 9.59 Å². The van der Waals surface area contributed by atoms with Gasteiger partial charge in [-0.15, -0.1) is 6.42 Å². The van der Waals surface area contributed by atoms with E-state index in [-0.39, 0.29) is 19.1 Å². The molecule has 0 aliphatic heterocycles. The largest absolute Gasteiger partial charge is 0.480 e.